The molecule has 1 amide bonds. The van der Waals surface area contributed by atoms with E-state index in [0.29, 0.717) is 30.7 Å². The minimum Gasteiger partial charge on any atom is -0.486 e. The van der Waals surface area contributed by atoms with Gasteiger partial charge < -0.3 is 24.3 Å². The first kappa shape index (κ1) is 29.0. The second-order valence-corrected chi connectivity index (χ2v) is 11.2. The number of likely N-dealkylation sites (tertiary alicyclic amines) is 1. The van der Waals surface area contributed by atoms with Gasteiger partial charge in [0.25, 0.3) is 0 Å². The Bertz CT molecular complexity index is 1400. The average molecular weight is 575 g/mol. The van der Waals surface area contributed by atoms with Gasteiger partial charge in [-0.3, -0.25) is 0 Å². The van der Waals surface area contributed by atoms with Crippen LogP contribution in [0.3, 0.4) is 0 Å². The minimum absolute atomic E-state index is 0.302. The van der Waals surface area contributed by atoms with E-state index in [1.54, 1.807) is 0 Å². The number of aromatic nitrogens is 2. The Balaban J connectivity index is 1.04. The number of aryl methyl sites for hydroxylation is 2. The van der Waals surface area contributed by atoms with Crippen LogP contribution in [-0.4, -0.2) is 46.7 Å². The molecule has 1 N–H and O–H groups in total. The molecular weight excluding hydrogens is 536 g/mol. The first-order chi connectivity index (χ1) is 20.0. The summed E-state index contributed by atoms with van der Waals surface area (Å²) in [5, 5.41) is 3.60. The van der Waals surface area contributed by atoms with Gasteiger partial charge in [0.2, 0.25) is 0 Å². The molecular formula is C33H39ClN4O3. The summed E-state index contributed by atoms with van der Waals surface area (Å²) in [5.74, 6) is 2.36. The number of nitrogens with zero attached hydrogens (tertiary/aromatic N) is 3. The summed E-state index contributed by atoms with van der Waals surface area (Å²) < 4.78 is 13.7. The Hall–Kier alpha value is -3.55. The Morgan fingerprint density at radius 1 is 0.976 bits per heavy atom. The van der Waals surface area contributed by atoms with Crippen LogP contribution in [0, 0.1) is 12.8 Å². The first-order valence-electron chi connectivity index (χ1n) is 14.5. The zero-order valence-corrected chi connectivity index (χ0v) is 24.5. The van der Waals surface area contributed by atoms with Gasteiger partial charge in [0, 0.05) is 18.1 Å². The zero-order valence-electron chi connectivity index (χ0n) is 23.7. The third-order valence-electron chi connectivity index (χ3n) is 7.84. The van der Waals surface area contributed by atoms with Gasteiger partial charge in [-0.25, -0.2) is 9.78 Å². The van der Waals surface area contributed by atoms with Crippen LogP contribution in [0.5, 0.6) is 5.75 Å². The third-order valence-corrected chi connectivity index (χ3v) is 8.09. The fraction of sp³-hybridized carbons (Fsp3) is 0.394. The van der Waals surface area contributed by atoms with E-state index in [1.165, 1.54) is 5.56 Å². The maximum atomic E-state index is 12.0. The van der Waals surface area contributed by atoms with Crippen LogP contribution < -0.4 is 10.1 Å². The van der Waals surface area contributed by atoms with Crippen LogP contribution in [0.4, 0.5) is 4.79 Å². The van der Waals surface area contributed by atoms with Gasteiger partial charge in [-0.05, 0) is 99.6 Å². The summed E-state index contributed by atoms with van der Waals surface area (Å²) in [6.45, 7) is 7.63. The van der Waals surface area contributed by atoms with E-state index < -0.39 is 0 Å². The molecule has 5 rings (SSSR count). The van der Waals surface area contributed by atoms with Gasteiger partial charge in [0.05, 0.1) is 11.0 Å². The molecule has 0 radical (unpaired) electrons. The van der Waals surface area contributed by atoms with E-state index in [9.17, 15) is 4.79 Å². The second-order valence-electron chi connectivity index (χ2n) is 10.8. The first-order valence-corrected chi connectivity index (χ1v) is 14.9. The van der Waals surface area contributed by atoms with Crippen molar-refractivity contribution < 1.29 is 14.3 Å². The van der Waals surface area contributed by atoms with E-state index in [1.807, 2.05) is 54.6 Å². The summed E-state index contributed by atoms with van der Waals surface area (Å²) >= 11 is 6.02. The van der Waals surface area contributed by atoms with Crippen LogP contribution >= 0.6 is 11.6 Å². The van der Waals surface area contributed by atoms with Gasteiger partial charge >= 0.3 is 6.09 Å². The van der Waals surface area contributed by atoms with Crippen molar-refractivity contribution in [2.24, 2.45) is 5.92 Å². The van der Waals surface area contributed by atoms with Crippen molar-refractivity contribution in [3.8, 4) is 5.75 Å². The van der Waals surface area contributed by atoms with Crippen LogP contribution in [0.2, 0.25) is 5.02 Å². The molecule has 1 fully saturated rings. The van der Waals surface area contributed by atoms with Crippen molar-refractivity contribution in [1.29, 1.82) is 0 Å². The van der Waals surface area contributed by atoms with Gasteiger partial charge in [0.1, 0.15) is 24.8 Å². The maximum absolute atomic E-state index is 12.0. The van der Waals surface area contributed by atoms with E-state index in [-0.39, 0.29) is 6.09 Å². The van der Waals surface area contributed by atoms with Gasteiger partial charge in [0.15, 0.2) is 0 Å². The summed E-state index contributed by atoms with van der Waals surface area (Å²) in [5.41, 5.74) is 4.37. The average Bonchev–Trinajstić information content (AvgIpc) is 3.36. The number of alkyl carbamates (subject to hydrolysis) is 1. The number of amides is 1. The molecule has 0 spiro atoms. The van der Waals surface area contributed by atoms with E-state index in [4.69, 9.17) is 26.1 Å². The number of ether oxygens (including phenoxy) is 2. The molecule has 8 heteroatoms. The molecule has 1 aliphatic heterocycles. The lowest BCUT2D eigenvalue weighted by atomic mass is 9.93. The topological polar surface area (TPSA) is 68.6 Å². The molecule has 41 heavy (non-hydrogen) atoms. The van der Waals surface area contributed by atoms with E-state index >= 15 is 0 Å². The summed E-state index contributed by atoms with van der Waals surface area (Å²) in [6, 6.07) is 23.6. The monoisotopic (exact) mass is 574 g/mol. The van der Waals surface area contributed by atoms with E-state index in [0.717, 1.165) is 80.0 Å². The van der Waals surface area contributed by atoms with Crippen LogP contribution in [0.15, 0.2) is 72.8 Å². The second kappa shape index (κ2) is 14.4. The lowest BCUT2D eigenvalue weighted by molar-refractivity contribution is 0.137. The number of hydrogen-bond donors (Lipinski definition) is 1. The number of fused-ring (bicyclic) bond motifs is 1. The number of rotatable bonds is 12. The lowest BCUT2D eigenvalue weighted by Crippen LogP contribution is -2.36. The van der Waals surface area contributed by atoms with Crippen molar-refractivity contribution in [2.75, 3.05) is 26.2 Å². The maximum Gasteiger partial charge on any atom is 0.407 e. The van der Waals surface area contributed by atoms with E-state index in [2.05, 4.69) is 39.9 Å². The number of halogens is 1. The van der Waals surface area contributed by atoms with Crippen LogP contribution in [0.1, 0.15) is 42.6 Å². The number of carbonyl (C=O) groups excluding carboxylic acids is 1. The number of carbonyl (C=O) groups is 1. The number of imidazole rings is 1. The highest BCUT2D eigenvalue weighted by Gasteiger charge is 2.20. The van der Waals surface area contributed by atoms with Crippen molar-refractivity contribution in [3.63, 3.8) is 0 Å². The van der Waals surface area contributed by atoms with Crippen LogP contribution in [-0.2, 0) is 24.5 Å². The number of para-hydroxylation sites is 1. The van der Waals surface area contributed by atoms with Gasteiger partial charge in [-0.2, -0.15) is 0 Å². The Labute approximate surface area is 247 Å². The summed E-state index contributed by atoms with van der Waals surface area (Å²) in [6.07, 6.45) is 4.02. The normalized spacial score (nSPS) is 14.3. The van der Waals surface area contributed by atoms with Gasteiger partial charge in [-0.15, -0.1) is 0 Å². The standard InChI is InChI=1S/C33H39ClN4O3/c1-25-7-5-10-30-32(25)36-31(24-40-29-13-11-28(34)12-14-29)38(30)20-6-19-37-21-16-26(17-22-37)15-18-35-33(39)41-23-27-8-3-2-4-9-27/h2-5,7-14,26H,6,15-24H2,1H3,(H,35,39). The Kier molecular flexibility index (Phi) is 10.2. The molecule has 2 heterocycles. The predicted octanol–water partition coefficient (Wildman–Crippen LogP) is 7.00. The molecule has 0 bridgehead atoms. The summed E-state index contributed by atoms with van der Waals surface area (Å²) in [7, 11) is 0. The fourth-order valence-corrected chi connectivity index (χ4v) is 5.60. The molecule has 7 nitrogen and oxygen atoms in total. The molecule has 0 atom stereocenters. The van der Waals surface area contributed by atoms with Crippen LogP contribution in [0.25, 0.3) is 11.0 Å². The largest absolute Gasteiger partial charge is 0.486 e. The fourth-order valence-electron chi connectivity index (χ4n) is 5.48. The van der Waals surface area contributed by atoms with Crippen molar-refractivity contribution >= 4 is 28.7 Å². The van der Waals surface area contributed by atoms with Crippen molar-refractivity contribution in [2.45, 2.75) is 52.4 Å². The highest BCUT2D eigenvalue weighted by atomic mass is 35.5. The molecule has 0 unspecified atom stereocenters. The molecule has 1 saturated heterocycles. The number of benzene rings is 3. The molecule has 0 saturated carbocycles. The Morgan fingerprint density at radius 2 is 1.76 bits per heavy atom. The predicted molar refractivity (Wildman–Crippen MR) is 163 cm³/mol. The SMILES string of the molecule is Cc1cccc2c1nc(COc1ccc(Cl)cc1)n2CCCN1CCC(CCNC(=O)OCc2ccccc2)CC1. The third kappa shape index (κ3) is 8.24. The summed E-state index contributed by atoms with van der Waals surface area (Å²) in [4.78, 5) is 19.5. The number of piperidine rings is 1. The molecule has 3 aromatic carbocycles. The molecule has 216 valence electrons. The quantitative estimate of drug-likeness (QED) is 0.197. The molecule has 1 aromatic heterocycles. The lowest BCUT2D eigenvalue weighted by Gasteiger charge is -2.32. The van der Waals surface area contributed by atoms with Crippen molar-refractivity contribution in [3.05, 3.63) is 94.8 Å². The highest BCUT2D eigenvalue weighted by molar-refractivity contribution is 6.30. The zero-order chi connectivity index (χ0) is 28.4. The minimum atomic E-state index is -0.341. The smallest absolute Gasteiger partial charge is 0.407 e. The molecule has 4 aromatic rings. The number of hydrogen-bond acceptors (Lipinski definition) is 5. The highest BCUT2D eigenvalue weighted by Crippen LogP contribution is 2.24. The van der Waals surface area contributed by atoms with Gasteiger partial charge in [-0.1, -0.05) is 54.1 Å². The Morgan fingerprint density at radius 3 is 2.54 bits per heavy atom. The number of nitrogens with one attached hydrogen (secondary N) is 1. The molecule has 0 aliphatic carbocycles. The van der Waals surface area contributed by atoms with Crippen molar-refractivity contribution in [1.82, 2.24) is 19.8 Å². The molecule has 1 aliphatic rings.